The highest BCUT2D eigenvalue weighted by molar-refractivity contribution is 5.18. The molecule has 5 heteroatoms. The Hall–Kier alpha value is -1.72. The molecule has 2 aromatic rings. The van der Waals surface area contributed by atoms with Crippen molar-refractivity contribution in [2.24, 2.45) is 5.73 Å². The summed E-state index contributed by atoms with van der Waals surface area (Å²) in [4.78, 5) is 4.24. The van der Waals surface area contributed by atoms with Crippen LogP contribution in [0.3, 0.4) is 0 Å². The zero-order valence-corrected chi connectivity index (χ0v) is 9.67. The van der Waals surface area contributed by atoms with E-state index >= 15 is 0 Å². The normalized spacial score (nSPS) is 12.6. The third-order valence-corrected chi connectivity index (χ3v) is 2.35. The first-order valence-corrected chi connectivity index (χ1v) is 5.40. The van der Waals surface area contributed by atoms with Gasteiger partial charge in [-0.05, 0) is 5.56 Å². The van der Waals surface area contributed by atoms with E-state index < -0.39 is 0 Å². The molecule has 5 nitrogen and oxygen atoms in total. The van der Waals surface area contributed by atoms with Gasteiger partial charge in [0.15, 0.2) is 5.82 Å². The zero-order chi connectivity index (χ0) is 12.1. The number of hydrogen-bond donors (Lipinski definition) is 1. The summed E-state index contributed by atoms with van der Waals surface area (Å²) in [5, 5.41) is 3.89. The molecule has 1 unspecified atom stereocenters. The summed E-state index contributed by atoms with van der Waals surface area (Å²) < 4.78 is 10.0. The number of hydrogen-bond acceptors (Lipinski definition) is 5. The van der Waals surface area contributed by atoms with Gasteiger partial charge in [-0.15, -0.1) is 0 Å². The van der Waals surface area contributed by atoms with E-state index in [-0.39, 0.29) is 6.04 Å². The Morgan fingerprint density at radius 1 is 1.35 bits per heavy atom. The van der Waals surface area contributed by atoms with E-state index in [9.17, 15) is 0 Å². The van der Waals surface area contributed by atoms with Gasteiger partial charge in [-0.3, -0.25) is 0 Å². The molecular weight excluding hydrogens is 218 g/mol. The Labute approximate surface area is 99.6 Å². The van der Waals surface area contributed by atoms with Crippen molar-refractivity contribution in [3.63, 3.8) is 0 Å². The highest BCUT2D eigenvalue weighted by Gasteiger charge is 2.14. The van der Waals surface area contributed by atoms with Crippen LogP contribution in [0.1, 0.15) is 23.3 Å². The molecular formula is C12H15N3O2. The lowest BCUT2D eigenvalue weighted by molar-refractivity contribution is 0.166. The number of methoxy groups -OCH3 is 1. The fraction of sp³-hybridized carbons (Fsp3) is 0.333. The van der Waals surface area contributed by atoms with E-state index in [2.05, 4.69) is 10.1 Å². The molecule has 0 aliphatic carbocycles. The SMILES string of the molecule is COCC(N)c1nc(Cc2ccccc2)no1. The van der Waals surface area contributed by atoms with E-state index in [1.165, 1.54) is 0 Å². The summed E-state index contributed by atoms with van der Waals surface area (Å²) in [5.74, 6) is 1.05. The second kappa shape index (κ2) is 5.56. The van der Waals surface area contributed by atoms with Crippen LogP contribution < -0.4 is 5.73 Å². The molecule has 0 spiro atoms. The lowest BCUT2D eigenvalue weighted by atomic mass is 10.1. The second-order valence-electron chi connectivity index (χ2n) is 3.77. The van der Waals surface area contributed by atoms with Gasteiger partial charge in [-0.25, -0.2) is 0 Å². The monoisotopic (exact) mass is 233 g/mol. The smallest absolute Gasteiger partial charge is 0.245 e. The highest BCUT2D eigenvalue weighted by atomic mass is 16.5. The number of aromatic nitrogens is 2. The molecule has 2 rings (SSSR count). The second-order valence-corrected chi connectivity index (χ2v) is 3.77. The molecule has 1 aromatic carbocycles. The van der Waals surface area contributed by atoms with Gasteiger partial charge in [0, 0.05) is 13.5 Å². The summed E-state index contributed by atoms with van der Waals surface area (Å²) in [6.45, 7) is 0.368. The average Bonchev–Trinajstić information content (AvgIpc) is 2.79. The Kier molecular flexibility index (Phi) is 3.85. The maximum Gasteiger partial charge on any atom is 0.245 e. The molecule has 0 saturated carbocycles. The van der Waals surface area contributed by atoms with Crippen LogP contribution >= 0.6 is 0 Å². The van der Waals surface area contributed by atoms with Crippen LogP contribution in [0.5, 0.6) is 0 Å². The van der Waals surface area contributed by atoms with Crippen molar-refractivity contribution in [2.45, 2.75) is 12.5 Å². The molecule has 0 bridgehead atoms. The van der Waals surface area contributed by atoms with Crippen LogP contribution in [0.25, 0.3) is 0 Å². The number of benzene rings is 1. The Morgan fingerprint density at radius 3 is 2.82 bits per heavy atom. The Bertz CT molecular complexity index is 456. The molecule has 0 radical (unpaired) electrons. The predicted molar refractivity (Wildman–Crippen MR) is 62.4 cm³/mol. The number of ether oxygens (including phenoxy) is 1. The Morgan fingerprint density at radius 2 is 2.12 bits per heavy atom. The van der Waals surface area contributed by atoms with E-state index in [0.717, 1.165) is 5.56 Å². The lowest BCUT2D eigenvalue weighted by Crippen LogP contribution is -2.16. The molecule has 2 N–H and O–H groups in total. The number of rotatable bonds is 5. The first kappa shape index (κ1) is 11.8. The van der Waals surface area contributed by atoms with Gasteiger partial charge < -0.3 is 15.0 Å². The van der Waals surface area contributed by atoms with Crippen molar-refractivity contribution < 1.29 is 9.26 Å². The van der Waals surface area contributed by atoms with Crippen molar-refractivity contribution in [1.29, 1.82) is 0 Å². The zero-order valence-electron chi connectivity index (χ0n) is 9.67. The summed E-state index contributed by atoms with van der Waals surface area (Å²) >= 11 is 0. The Balaban J connectivity index is 2.04. The van der Waals surface area contributed by atoms with Gasteiger partial charge in [-0.2, -0.15) is 4.98 Å². The molecule has 1 heterocycles. The molecule has 0 amide bonds. The fourth-order valence-electron chi connectivity index (χ4n) is 1.52. The quantitative estimate of drug-likeness (QED) is 0.842. The maximum atomic E-state index is 5.79. The first-order valence-electron chi connectivity index (χ1n) is 5.40. The third kappa shape index (κ3) is 3.12. The predicted octanol–water partition coefficient (Wildman–Crippen LogP) is 1.31. The van der Waals surface area contributed by atoms with Gasteiger partial charge in [0.05, 0.1) is 6.61 Å². The topological polar surface area (TPSA) is 74.2 Å². The van der Waals surface area contributed by atoms with Crippen LogP contribution in [0.15, 0.2) is 34.9 Å². The van der Waals surface area contributed by atoms with Crippen molar-refractivity contribution in [3.8, 4) is 0 Å². The molecule has 0 saturated heterocycles. The molecule has 0 aliphatic heterocycles. The van der Waals surface area contributed by atoms with Crippen LogP contribution in [0.4, 0.5) is 0 Å². The van der Waals surface area contributed by atoms with Crippen molar-refractivity contribution in [1.82, 2.24) is 10.1 Å². The summed E-state index contributed by atoms with van der Waals surface area (Å²) in [6, 6.07) is 9.60. The van der Waals surface area contributed by atoms with Crippen LogP contribution in [-0.4, -0.2) is 23.9 Å². The molecule has 0 aliphatic rings. The fourth-order valence-corrected chi connectivity index (χ4v) is 1.52. The standard InChI is InChI=1S/C12H15N3O2/c1-16-8-10(13)12-14-11(15-17-12)7-9-5-3-2-4-6-9/h2-6,10H,7-8,13H2,1H3. The van der Waals surface area contributed by atoms with Gasteiger partial charge in [0.25, 0.3) is 0 Å². The number of nitrogens with two attached hydrogens (primary N) is 1. The van der Waals surface area contributed by atoms with Crippen LogP contribution in [0.2, 0.25) is 0 Å². The van der Waals surface area contributed by atoms with Gasteiger partial charge in [0.1, 0.15) is 6.04 Å². The third-order valence-electron chi connectivity index (χ3n) is 2.35. The van der Waals surface area contributed by atoms with Crippen LogP contribution in [-0.2, 0) is 11.2 Å². The highest BCUT2D eigenvalue weighted by Crippen LogP contribution is 2.10. The molecule has 0 fully saturated rings. The molecule has 1 atom stereocenters. The minimum Gasteiger partial charge on any atom is -0.383 e. The van der Waals surface area contributed by atoms with Crippen molar-refractivity contribution in [3.05, 3.63) is 47.6 Å². The maximum absolute atomic E-state index is 5.79. The van der Waals surface area contributed by atoms with Crippen molar-refractivity contribution in [2.75, 3.05) is 13.7 Å². The largest absolute Gasteiger partial charge is 0.383 e. The summed E-state index contributed by atoms with van der Waals surface area (Å²) in [5.41, 5.74) is 6.93. The average molecular weight is 233 g/mol. The lowest BCUT2D eigenvalue weighted by Gasteiger charge is -2.02. The van der Waals surface area contributed by atoms with Gasteiger partial charge in [-0.1, -0.05) is 35.5 Å². The summed E-state index contributed by atoms with van der Waals surface area (Å²) in [7, 11) is 1.58. The first-order chi connectivity index (χ1) is 8.29. The van der Waals surface area contributed by atoms with E-state index in [0.29, 0.717) is 24.7 Å². The summed E-state index contributed by atoms with van der Waals surface area (Å²) in [6.07, 6.45) is 0.643. The number of nitrogens with zero attached hydrogens (tertiary/aromatic N) is 2. The minimum atomic E-state index is -0.364. The molecule has 17 heavy (non-hydrogen) atoms. The minimum absolute atomic E-state index is 0.364. The van der Waals surface area contributed by atoms with Crippen LogP contribution in [0, 0.1) is 0 Å². The van der Waals surface area contributed by atoms with E-state index in [1.54, 1.807) is 7.11 Å². The molecule has 1 aromatic heterocycles. The van der Waals surface area contributed by atoms with Gasteiger partial charge >= 0.3 is 0 Å². The van der Waals surface area contributed by atoms with Crippen molar-refractivity contribution >= 4 is 0 Å². The van der Waals surface area contributed by atoms with Gasteiger partial charge in [0.2, 0.25) is 5.89 Å². The molecule has 90 valence electrons. The van der Waals surface area contributed by atoms with E-state index in [1.807, 2.05) is 30.3 Å². The van der Waals surface area contributed by atoms with E-state index in [4.69, 9.17) is 15.0 Å².